The summed E-state index contributed by atoms with van der Waals surface area (Å²) in [7, 11) is 0. The average molecular weight is 363 g/mol. The number of hydrogen-bond donors (Lipinski definition) is 1. The first-order valence-corrected chi connectivity index (χ1v) is 10.1. The van der Waals surface area contributed by atoms with Crippen LogP contribution in [-0.4, -0.2) is 28.7 Å². The van der Waals surface area contributed by atoms with Crippen LogP contribution in [-0.2, 0) is 9.59 Å². The van der Waals surface area contributed by atoms with E-state index in [4.69, 9.17) is 11.6 Å². The summed E-state index contributed by atoms with van der Waals surface area (Å²) in [5.74, 6) is 1.27. The molecular formula is C21H27ClO3. The van der Waals surface area contributed by atoms with Crippen molar-refractivity contribution < 1.29 is 14.7 Å². The smallest absolute Gasteiger partial charge is 0.178 e. The number of aliphatic hydroxyl groups is 1. The highest BCUT2D eigenvalue weighted by molar-refractivity contribution is 6.28. The van der Waals surface area contributed by atoms with Crippen molar-refractivity contribution in [2.24, 2.45) is 34.5 Å². The van der Waals surface area contributed by atoms with Crippen molar-refractivity contribution in [3.05, 3.63) is 23.8 Å². The van der Waals surface area contributed by atoms with Crippen LogP contribution in [0, 0.1) is 34.5 Å². The van der Waals surface area contributed by atoms with Crippen LogP contribution < -0.4 is 0 Å². The van der Waals surface area contributed by atoms with E-state index < -0.39 is 6.10 Å². The molecule has 0 aromatic carbocycles. The second-order valence-corrected chi connectivity index (χ2v) is 9.30. The molecule has 3 saturated carbocycles. The molecule has 1 N–H and O–H groups in total. The van der Waals surface area contributed by atoms with Gasteiger partial charge in [0.1, 0.15) is 0 Å². The molecule has 3 nitrogen and oxygen atoms in total. The van der Waals surface area contributed by atoms with Gasteiger partial charge in [-0.1, -0.05) is 25.5 Å². The third kappa shape index (κ3) is 2.35. The monoisotopic (exact) mass is 362 g/mol. The highest BCUT2D eigenvalue weighted by atomic mass is 35.5. The minimum absolute atomic E-state index is 0.0150. The van der Waals surface area contributed by atoms with Gasteiger partial charge < -0.3 is 5.11 Å². The lowest BCUT2D eigenvalue weighted by molar-refractivity contribution is -0.137. The van der Waals surface area contributed by atoms with Crippen molar-refractivity contribution in [2.75, 3.05) is 5.88 Å². The lowest BCUT2D eigenvalue weighted by Gasteiger charge is -2.58. The van der Waals surface area contributed by atoms with Crippen LogP contribution in [0.15, 0.2) is 23.8 Å². The Kier molecular flexibility index (Phi) is 4.05. The summed E-state index contributed by atoms with van der Waals surface area (Å²) in [6.07, 6.45) is 9.58. The fraction of sp³-hybridized carbons (Fsp3) is 0.714. The molecule has 0 saturated heterocycles. The van der Waals surface area contributed by atoms with E-state index >= 15 is 0 Å². The summed E-state index contributed by atoms with van der Waals surface area (Å²) in [6.45, 7) is 4.38. The van der Waals surface area contributed by atoms with Crippen LogP contribution in [0.4, 0.5) is 0 Å². The van der Waals surface area contributed by atoms with Gasteiger partial charge in [-0.15, -0.1) is 11.6 Å². The Bertz CT molecular complexity index is 681. The third-order valence-electron chi connectivity index (χ3n) is 8.01. The summed E-state index contributed by atoms with van der Waals surface area (Å²) < 4.78 is 0. The molecule has 4 rings (SSSR count). The van der Waals surface area contributed by atoms with Crippen LogP contribution >= 0.6 is 11.6 Å². The SMILES string of the molecule is CC12C[C@H](O)C3[C@@H](CCC4=CC(=O)C=C[C@@]43C)C1CC[C@@H]2C(=O)CCl. The Hall–Kier alpha value is -0.930. The fourth-order valence-corrected chi connectivity index (χ4v) is 7.13. The number of allylic oxidation sites excluding steroid dienone is 4. The zero-order valence-electron chi connectivity index (χ0n) is 15.0. The van der Waals surface area contributed by atoms with Gasteiger partial charge in [-0.2, -0.15) is 0 Å². The summed E-state index contributed by atoms with van der Waals surface area (Å²) >= 11 is 5.87. The Morgan fingerprint density at radius 1 is 1.32 bits per heavy atom. The number of Topliss-reactive ketones (excluding diaryl/α,β-unsaturated/α-hetero) is 1. The third-order valence-corrected chi connectivity index (χ3v) is 8.28. The number of rotatable bonds is 2. The molecule has 0 aromatic heterocycles. The number of hydrogen-bond acceptors (Lipinski definition) is 3. The predicted molar refractivity (Wildman–Crippen MR) is 97.2 cm³/mol. The first-order chi connectivity index (χ1) is 11.8. The van der Waals surface area contributed by atoms with E-state index in [0.717, 1.165) is 25.7 Å². The topological polar surface area (TPSA) is 54.4 Å². The Balaban J connectivity index is 1.71. The van der Waals surface area contributed by atoms with Crippen molar-refractivity contribution in [3.8, 4) is 0 Å². The van der Waals surface area contributed by atoms with Gasteiger partial charge in [-0.3, -0.25) is 9.59 Å². The fourth-order valence-electron chi connectivity index (χ4n) is 6.95. The molecule has 25 heavy (non-hydrogen) atoms. The summed E-state index contributed by atoms with van der Waals surface area (Å²) in [6, 6.07) is 0. The van der Waals surface area contributed by atoms with E-state index in [2.05, 4.69) is 13.8 Å². The van der Waals surface area contributed by atoms with Crippen molar-refractivity contribution in [3.63, 3.8) is 0 Å². The molecule has 0 bridgehead atoms. The molecule has 0 radical (unpaired) electrons. The zero-order valence-corrected chi connectivity index (χ0v) is 15.8. The van der Waals surface area contributed by atoms with E-state index in [9.17, 15) is 14.7 Å². The van der Waals surface area contributed by atoms with E-state index in [0.29, 0.717) is 18.3 Å². The van der Waals surface area contributed by atoms with Crippen LogP contribution in [0.5, 0.6) is 0 Å². The zero-order chi connectivity index (χ0) is 18.0. The van der Waals surface area contributed by atoms with E-state index in [-0.39, 0.29) is 40.1 Å². The highest BCUT2D eigenvalue weighted by Crippen LogP contribution is 2.66. The summed E-state index contributed by atoms with van der Waals surface area (Å²) in [5, 5.41) is 11.2. The molecule has 7 atom stereocenters. The molecule has 3 fully saturated rings. The lowest BCUT2D eigenvalue weighted by atomic mass is 9.46. The summed E-state index contributed by atoms with van der Waals surface area (Å²) in [4.78, 5) is 24.2. The minimum atomic E-state index is -0.443. The number of aliphatic hydroxyl groups excluding tert-OH is 1. The maximum atomic E-state index is 12.4. The molecule has 136 valence electrons. The molecule has 4 aliphatic carbocycles. The standard InChI is InChI=1S/C21H27ClO3/c1-20-8-7-13(23)9-12(20)3-4-14-15-5-6-16(18(25)11-22)21(15,2)10-17(24)19(14)20/h7-9,14-17,19,24H,3-6,10-11H2,1-2H3/t14-,15?,16+,17-,19?,20-,21?/m0/s1. The summed E-state index contributed by atoms with van der Waals surface area (Å²) in [5.41, 5.74) is 0.806. The van der Waals surface area contributed by atoms with Crippen molar-refractivity contribution in [1.29, 1.82) is 0 Å². The van der Waals surface area contributed by atoms with E-state index in [1.165, 1.54) is 5.57 Å². The van der Waals surface area contributed by atoms with Gasteiger partial charge in [-0.25, -0.2) is 0 Å². The van der Waals surface area contributed by atoms with Crippen LogP contribution in [0.3, 0.4) is 0 Å². The molecule has 0 heterocycles. The van der Waals surface area contributed by atoms with E-state index in [1.54, 1.807) is 12.2 Å². The van der Waals surface area contributed by atoms with Gasteiger partial charge in [0.2, 0.25) is 0 Å². The largest absolute Gasteiger partial charge is 0.393 e. The number of carbonyl (C=O) groups is 2. The van der Waals surface area contributed by atoms with Gasteiger partial charge in [0, 0.05) is 17.3 Å². The maximum Gasteiger partial charge on any atom is 0.178 e. The van der Waals surface area contributed by atoms with Crippen LogP contribution in [0.1, 0.15) is 46.0 Å². The average Bonchev–Trinajstić information content (AvgIpc) is 2.91. The van der Waals surface area contributed by atoms with Crippen molar-refractivity contribution >= 4 is 23.2 Å². The van der Waals surface area contributed by atoms with Gasteiger partial charge in [0.15, 0.2) is 11.6 Å². The normalized spacial score (nSPS) is 48.4. The van der Waals surface area contributed by atoms with Gasteiger partial charge in [-0.05, 0) is 61.5 Å². The number of fused-ring (bicyclic) bond motifs is 5. The molecule has 4 aliphatic rings. The van der Waals surface area contributed by atoms with Gasteiger partial charge in [0.05, 0.1) is 12.0 Å². The van der Waals surface area contributed by atoms with Crippen LogP contribution in [0.25, 0.3) is 0 Å². The van der Waals surface area contributed by atoms with Gasteiger partial charge >= 0.3 is 0 Å². The Morgan fingerprint density at radius 3 is 2.80 bits per heavy atom. The first kappa shape index (κ1) is 17.5. The predicted octanol–water partition coefficient (Wildman–Crippen LogP) is 3.69. The van der Waals surface area contributed by atoms with Gasteiger partial charge in [0.25, 0.3) is 0 Å². The highest BCUT2D eigenvalue weighted by Gasteiger charge is 2.62. The molecule has 4 heteroatoms. The number of alkyl halides is 1. The minimum Gasteiger partial charge on any atom is -0.393 e. The number of ketones is 2. The molecule has 0 aromatic rings. The van der Waals surface area contributed by atoms with Crippen LogP contribution in [0.2, 0.25) is 0 Å². The van der Waals surface area contributed by atoms with Crippen molar-refractivity contribution in [1.82, 2.24) is 0 Å². The lowest BCUT2D eigenvalue weighted by Crippen LogP contribution is -2.56. The second-order valence-electron chi connectivity index (χ2n) is 9.03. The number of carbonyl (C=O) groups excluding carboxylic acids is 2. The first-order valence-electron chi connectivity index (χ1n) is 9.52. The molecule has 3 unspecified atom stereocenters. The molecule has 0 spiro atoms. The quantitative estimate of drug-likeness (QED) is 0.762. The Morgan fingerprint density at radius 2 is 2.08 bits per heavy atom. The van der Waals surface area contributed by atoms with E-state index in [1.807, 2.05) is 6.08 Å². The molecule has 0 aliphatic heterocycles. The van der Waals surface area contributed by atoms with Crippen molar-refractivity contribution in [2.45, 2.75) is 52.1 Å². The Labute approximate surface area is 154 Å². The number of halogens is 1. The molecular weight excluding hydrogens is 336 g/mol. The second kappa shape index (κ2) is 5.79. The molecule has 0 amide bonds. The maximum absolute atomic E-state index is 12.4.